The third-order valence-corrected chi connectivity index (χ3v) is 3.78. The Labute approximate surface area is 156 Å². The van der Waals surface area contributed by atoms with Gasteiger partial charge in [0.2, 0.25) is 0 Å². The van der Waals surface area contributed by atoms with Crippen LogP contribution in [0, 0.1) is 0 Å². The number of aliphatic hydroxyl groups is 1. The average molecular weight is 359 g/mol. The molecule has 1 atom stereocenters. The Balaban J connectivity index is 1.68. The molecule has 0 aliphatic carbocycles. The summed E-state index contributed by atoms with van der Waals surface area (Å²) in [5.74, 6) is 1.61. The number of hydrogen-bond acceptors (Lipinski definition) is 5. The molecule has 2 aromatic rings. The van der Waals surface area contributed by atoms with Gasteiger partial charge >= 0.3 is 0 Å². The van der Waals surface area contributed by atoms with E-state index in [-0.39, 0.29) is 6.61 Å². The van der Waals surface area contributed by atoms with E-state index in [0.717, 1.165) is 18.0 Å². The molecule has 5 heteroatoms. The van der Waals surface area contributed by atoms with Gasteiger partial charge in [0.1, 0.15) is 30.8 Å². The highest BCUT2D eigenvalue weighted by Crippen LogP contribution is 2.14. The van der Waals surface area contributed by atoms with Crippen LogP contribution >= 0.6 is 0 Å². The number of likely N-dealkylation sites (N-methyl/N-ethyl adjacent to an activating group) is 1. The van der Waals surface area contributed by atoms with E-state index in [1.807, 2.05) is 68.6 Å². The Morgan fingerprint density at radius 1 is 0.923 bits per heavy atom. The van der Waals surface area contributed by atoms with Crippen molar-refractivity contribution in [1.82, 2.24) is 4.90 Å². The molecule has 0 aliphatic heterocycles. The zero-order valence-corrected chi connectivity index (χ0v) is 15.6. The molecule has 1 unspecified atom stereocenters. The van der Waals surface area contributed by atoms with Crippen LogP contribution in [0.4, 0.5) is 0 Å². The van der Waals surface area contributed by atoms with Gasteiger partial charge in [-0.2, -0.15) is 0 Å². The van der Waals surface area contributed by atoms with Crippen LogP contribution < -0.4 is 9.47 Å². The fourth-order valence-electron chi connectivity index (χ4n) is 2.55. The lowest BCUT2D eigenvalue weighted by molar-refractivity contribution is 0.0744. The number of rotatable bonds is 12. The maximum absolute atomic E-state index is 10.1. The summed E-state index contributed by atoms with van der Waals surface area (Å²) in [6.45, 7) is 5.40. The minimum absolute atomic E-state index is 0.279. The molecule has 0 amide bonds. The molecule has 0 aromatic heterocycles. The SMILES string of the molecule is CCOCCOc1ccc(CN(C)CC(O)COc2ccccc2)cc1. The van der Waals surface area contributed by atoms with Crippen LogP contribution in [-0.2, 0) is 11.3 Å². The molecule has 2 rings (SSSR count). The summed E-state index contributed by atoms with van der Waals surface area (Å²) in [6.07, 6.45) is -0.540. The Kier molecular flexibility index (Phi) is 8.96. The van der Waals surface area contributed by atoms with Gasteiger partial charge in [-0.05, 0) is 43.8 Å². The average Bonchev–Trinajstić information content (AvgIpc) is 2.66. The molecule has 2 aromatic carbocycles. The third kappa shape index (κ3) is 7.87. The predicted octanol–water partition coefficient (Wildman–Crippen LogP) is 2.97. The van der Waals surface area contributed by atoms with E-state index in [0.29, 0.717) is 26.4 Å². The topological polar surface area (TPSA) is 51.2 Å². The van der Waals surface area contributed by atoms with E-state index < -0.39 is 6.10 Å². The van der Waals surface area contributed by atoms with Crippen molar-refractivity contribution < 1.29 is 19.3 Å². The molecule has 0 spiro atoms. The van der Waals surface area contributed by atoms with Gasteiger partial charge < -0.3 is 19.3 Å². The van der Waals surface area contributed by atoms with Crippen molar-refractivity contribution in [2.75, 3.05) is 40.0 Å². The number of ether oxygens (including phenoxy) is 3. The van der Waals surface area contributed by atoms with E-state index in [1.165, 1.54) is 5.56 Å². The molecule has 5 nitrogen and oxygen atoms in total. The van der Waals surface area contributed by atoms with Crippen molar-refractivity contribution in [3.05, 3.63) is 60.2 Å². The van der Waals surface area contributed by atoms with Gasteiger partial charge in [0.25, 0.3) is 0 Å². The summed E-state index contributed by atoms with van der Waals surface area (Å²) in [4.78, 5) is 2.07. The van der Waals surface area contributed by atoms with Crippen LogP contribution in [0.15, 0.2) is 54.6 Å². The molecule has 0 radical (unpaired) electrons. The molecule has 0 aliphatic rings. The van der Waals surface area contributed by atoms with Gasteiger partial charge in [0.15, 0.2) is 0 Å². The zero-order chi connectivity index (χ0) is 18.6. The summed E-state index contributed by atoms with van der Waals surface area (Å²) >= 11 is 0. The van der Waals surface area contributed by atoms with Crippen LogP contribution in [0.2, 0.25) is 0 Å². The first-order valence-corrected chi connectivity index (χ1v) is 9.01. The Morgan fingerprint density at radius 3 is 2.31 bits per heavy atom. The van der Waals surface area contributed by atoms with Gasteiger partial charge in [-0.25, -0.2) is 0 Å². The highest BCUT2D eigenvalue weighted by atomic mass is 16.5. The maximum atomic E-state index is 10.1. The van der Waals surface area contributed by atoms with Crippen LogP contribution in [-0.4, -0.2) is 56.1 Å². The normalized spacial score (nSPS) is 12.2. The smallest absolute Gasteiger partial charge is 0.119 e. The van der Waals surface area contributed by atoms with Crippen molar-refractivity contribution in [2.45, 2.75) is 19.6 Å². The molecular weight excluding hydrogens is 330 g/mol. The number of para-hydroxylation sites is 1. The Bertz CT molecular complexity index is 603. The summed E-state index contributed by atoms with van der Waals surface area (Å²) in [5, 5.41) is 10.1. The second-order valence-corrected chi connectivity index (χ2v) is 6.16. The molecule has 0 fully saturated rings. The van der Waals surface area contributed by atoms with Crippen molar-refractivity contribution in [1.29, 1.82) is 0 Å². The monoisotopic (exact) mass is 359 g/mol. The van der Waals surface area contributed by atoms with Gasteiger partial charge in [-0.15, -0.1) is 0 Å². The number of nitrogens with zero attached hydrogens (tertiary/aromatic N) is 1. The Hall–Kier alpha value is -2.08. The number of hydrogen-bond donors (Lipinski definition) is 1. The predicted molar refractivity (Wildman–Crippen MR) is 103 cm³/mol. The van der Waals surface area contributed by atoms with Crippen LogP contribution in [0.5, 0.6) is 11.5 Å². The fourth-order valence-corrected chi connectivity index (χ4v) is 2.55. The lowest BCUT2D eigenvalue weighted by atomic mass is 10.2. The summed E-state index contributed by atoms with van der Waals surface area (Å²) in [6, 6.07) is 17.5. The van der Waals surface area contributed by atoms with Gasteiger partial charge in [0.05, 0.1) is 6.61 Å². The summed E-state index contributed by atoms with van der Waals surface area (Å²) < 4.78 is 16.4. The second kappa shape index (κ2) is 11.5. The van der Waals surface area contributed by atoms with Gasteiger partial charge in [0, 0.05) is 19.7 Å². The first kappa shape index (κ1) is 20.2. The minimum Gasteiger partial charge on any atom is -0.491 e. The first-order valence-electron chi connectivity index (χ1n) is 9.01. The second-order valence-electron chi connectivity index (χ2n) is 6.16. The van der Waals surface area contributed by atoms with Crippen molar-refractivity contribution in [2.24, 2.45) is 0 Å². The quantitative estimate of drug-likeness (QED) is 0.591. The number of benzene rings is 2. The number of aliphatic hydroxyl groups excluding tert-OH is 1. The molecule has 0 heterocycles. The van der Waals surface area contributed by atoms with Crippen LogP contribution in [0.1, 0.15) is 12.5 Å². The van der Waals surface area contributed by atoms with E-state index in [2.05, 4.69) is 4.90 Å². The van der Waals surface area contributed by atoms with Gasteiger partial charge in [-0.3, -0.25) is 4.90 Å². The van der Waals surface area contributed by atoms with E-state index in [4.69, 9.17) is 14.2 Å². The van der Waals surface area contributed by atoms with E-state index in [9.17, 15) is 5.11 Å². The standard InChI is InChI=1S/C21H29NO4/c1-3-24-13-14-25-21-11-9-18(10-12-21)15-22(2)16-19(23)17-26-20-7-5-4-6-8-20/h4-12,19,23H,3,13-17H2,1-2H3. The molecule has 26 heavy (non-hydrogen) atoms. The maximum Gasteiger partial charge on any atom is 0.119 e. The molecular formula is C21H29NO4. The van der Waals surface area contributed by atoms with Crippen LogP contribution in [0.25, 0.3) is 0 Å². The summed E-state index contributed by atoms with van der Waals surface area (Å²) in [5.41, 5.74) is 1.17. The lowest BCUT2D eigenvalue weighted by Gasteiger charge is -2.21. The van der Waals surface area contributed by atoms with Gasteiger partial charge in [-0.1, -0.05) is 30.3 Å². The highest BCUT2D eigenvalue weighted by Gasteiger charge is 2.10. The Morgan fingerprint density at radius 2 is 1.62 bits per heavy atom. The summed E-state index contributed by atoms with van der Waals surface area (Å²) in [7, 11) is 1.98. The zero-order valence-electron chi connectivity index (χ0n) is 15.6. The minimum atomic E-state index is -0.540. The lowest BCUT2D eigenvalue weighted by Crippen LogP contribution is -2.32. The highest BCUT2D eigenvalue weighted by molar-refractivity contribution is 5.27. The van der Waals surface area contributed by atoms with Crippen molar-refractivity contribution >= 4 is 0 Å². The molecule has 142 valence electrons. The molecule has 0 saturated heterocycles. The van der Waals surface area contributed by atoms with Crippen molar-refractivity contribution in [3.63, 3.8) is 0 Å². The molecule has 0 bridgehead atoms. The third-order valence-electron chi connectivity index (χ3n) is 3.78. The van der Waals surface area contributed by atoms with Crippen LogP contribution in [0.3, 0.4) is 0 Å². The van der Waals surface area contributed by atoms with E-state index in [1.54, 1.807) is 0 Å². The fraction of sp³-hybridized carbons (Fsp3) is 0.429. The van der Waals surface area contributed by atoms with Crippen molar-refractivity contribution in [3.8, 4) is 11.5 Å². The largest absolute Gasteiger partial charge is 0.491 e. The molecule has 0 saturated carbocycles. The first-order chi connectivity index (χ1) is 12.7. The van der Waals surface area contributed by atoms with E-state index >= 15 is 0 Å². The molecule has 1 N–H and O–H groups in total.